The predicted molar refractivity (Wildman–Crippen MR) is 106 cm³/mol. The number of nitrogens with zero attached hydrogens (tertiary/aromatic N) is 2. The fraction of sp³-hybridized carbons (Fsp3) is 0.364. The van der Waals surface area contributed by atoms with Crippen molar-refractivity contribution in [2.75, 3.05) is 6.54 Å². The van der Waals surface area contributed by atoms with Gasteiger partial charge >= 0.3 is 0 Å². The molecule has 0 bridgehead atoms. The highest BCUT2D eigenvalue weighted by Gasteiger charge is 2.13. The van der Waals surface area contributed by atoms with Crippen molar-refractivity contribution in [1.29, 1.82) is 0 Å². The molecule has 0 saturated heterocycles. The molecule has 4 nitrogen and oxygen atoms in total. The summed E-state index contributed by atoms with van der Waals surface area (Å²) in [7, 11) is 0. The molecule has 1 atom stereocenters. The van der Waals surface area contributed by atoms with Crippen molar-refractivity contribution in [1.82, 2.24) is 14.9 Å². The van der Waals surface area contributed by atoms with Crippen LogP contribution in [-0.4, -0.2) is 22.0 Å². The Balaban J connectivity index is 1.72. The lowest BCUT2D eigenvalue weighted by atomic mass is 10.1. The van der Waals surface area contributed by atoms with Crippen LogP contribution in [0.5, 0.6) is 0 Å². The number of hydrogen-bond acceptors (Lipinski definition) is 2. The van der Waals surface area contributed by atoms with E-state index in [0.717, 1.165) is 36.3 Å². The maximum atomic E-state index is 12.3. The van der Waals surface area contributed by atoms with Crippen LogP contribution in [0.25, 0.3) is 11.0 Å². The molecule has 0 spiro atoms. The molecule has 0 fully saturated rings. The van der Waals surface area contributed by atoms with E-state index in [1.165, 1.54) is 5.52 Å². The summed E-state index contributed by atoms with van der Waals surface area (Å²) in [5, 5.41) is 3.02. The Bertz CT molecular complexity index is 897. The summed E-state index contributed by atoms with van der Waals surface area (Å²) in [6, 6.07) is 15.9. The monoisotopic (exact) mass is 349 g/mol. The second-order valence-electron chi connectivity index (χ2n) is 7.02. The predicted octanol–water partition coefficient (Wildman–Crippen LogP) is 4.36. The first kappa shape index (κ1) is 18.2. The van der Waals surface area contributed by atoms with Crippen molar-refractivity contribution >= 4 is 16.9 Å². The molecular weight excluding hydrogens is 322 g/mol. The molecule has 0 radical (unpaired) electrons. The number of imidazole rings is 1. The molecule has 1 aromatic heterocycles. The third-order valence-corrected chi connectivity index (χ3v) is 4.84. The quantitative estimate of drug-likeness (QED) is 0.689. The van der Waals surface area contributed by atoms with Crippen LogP contribution in [-0.2, 0) is 13.0 Å². The molecule has 3 rings (SSSR count). The highest BCUT2D eigenvalue weighted by molar-refractivity contribution is 5.94. The lowest BCUT2D eigenvalue weighted by molar-refractivity contribution is 0.0954. The Labute approximate surface area is 155 Å². The summed E-state index contributed by atoms with van der Waals surface area (Å²) in [6.07, 6.45) is 1.86. The second kappa shape index (κ2) is 8.17. The number of carbonyl (C=O) groups is 1. The van der Waals surface area contributed by atoms with Gasteiger partial charge in [0.15, 0.2) is 0 Å². The van der Waals surface area contributed by atoms with Gasteiger partial charge < -0.3 is 9.88 Å². The molecule has 0 aliphatic rings. The third kappa shape index (κ3) is 4.13. The Hall–Kier alpha value is -2.62. The number of benzene rings is 2. The van der Waals surface area contributed by atoms with E-state index in [9.17, 15) is 4.79 Å². The number of para-hydroxylation sites is 2. The van der Waals surface area contributed by atoms with Gasteiger partial charge in [-0.15, -0.1) is 0 Å². The number of rotatable bonds is 7. The van der Waals surface area contributed by atoms with Crippen molar-refractivity contribution in [2.45, 2.75) is 40.2 Å². The summed E-state index contributed by atoms with van der Waals surface area (Å²) in [5.74, 6) is 1.60. The zero-order valence-corrected chi connectivity index (χ0v) is 15.8. The molecule has 0 aliphatic carbocycles. The molecule has 0 saturated carbocycles. The molecule has 1 heterocycles. The highest BCUT2D eigenvalue weighted by atomic mass is 16.1. The first-order valence-corrected chi connectivity index (χ1v) is 9.37. The van der Waals surface area contributed by atoms with Crippen molar-refractivity contribution < 1.29 is 4.79 Å². The molecule has 1 N–H and O–H groups in total. The SMILES string of the molecule is CC[C@H](C)Cn1c(CCNC(=O)c2cccc(C)c2)nc2ccccc21. The minimum Gasteiger partial charge on any atom is -0.352 e. The number of aromatic nitrogens is 2. The largest absolute Gasteiger partial charge is 0.352 e. The Morgan fingerprint density at radius 2 is 2.00 bits per heavy atom. The fourth-order valence-corrected chi connectivity index (χ4v) is 3.14. The number of aryl methyl sites for hydroxylation is 1. The highest BCUT2D eigenvalue weighted by Crippen LogP contribution is 2.19. The Morgan fingerprint density at radius 3 is 2.77 bits per heavy atom. The van der Waals surface area contributed by atoms with Crippen molar-refractivity contribution in [3.05, 3.63) is 65.5 Å². The number of carbonyl (C=O) groups excluding carboxylic acids is 1. The van der Waals surface area contributed by atoms with Crippen LogP contribution in [0.15, 0.2) is 48.5 Å². The van der Waals surface area contributed by atoms with Crippen LogP contribution in [0, 0.1) is 12.8 Å². The summed E-state index contributed by atoms with van der Waals surface area (Å²) in [6.45, 7) is 8.01. The molecule has 2 aromatic carbocycles. The maximum Gasteiger partial charge on any atom is 0.251 e. The van der Waals surface area contributed by atoms with Crippen LogP contribution in [0.1, 0.15) is 42.0 Å². The van der Waals surface area contributed by atoms with Crippen molar-refractivity contribution in [3.63, 3.8) is 0 Å². The van der Waals surface area contributed by atoms with Crippen LogP contribution in [0.3, 0.4) is 0 Å². The van der Waals surface area contributed by atoms with Crippen LogP contribution in [0.2, 0.25) is 0 Å². The number of nitrogens with one attached hydrogen (secondary N) is 1. The van der Waals surface area contributed by atoms with Gasteiger partial charge in [-0.25, -0.2) is 4.98 Å². The first-order valence-electron chi connectivity index (χ1n) is 9.37. The van der Waals surface area contributed by atoms with Gasteiger partial charge in [0.05, 0.1) is 11.0 Å². The second-order valence-corrected chi connectivity index (χ2v) is 7.02. The van der Waals surface area contributed by atoms with Gasteiger partial charge in [0, 0.05) is 25.1 Å². The fourth-order valence-electron chi connectivity index (χ4n) is 3.14. The van der Waals surface area contributed by atoms with Gasteiger partial charge in [-0.3, -0.25) is 4.79 Å². The third-order valence-electron chi connectivity index (χ3n) is 4.84. The minimum atomic E-state index is -0.0294. The molecule has 1 amide bonds. The van der Waals surface area contributed by atoms with Crippen molar-refractivity contribution in [2.24, 2.45) is 5.92 Å². The molecule has 0 unspecified atom stereocenters. The van der Waals surface area contributed by atoms with E-state index in [1.54, 1.807) is 0 Å². The summed E-state index contributed by atoms with van der Waals surface area (Å²) >= 11 is 0. The Kier molecular flexibility index (Phi) is 5.71. The van der Waals surface area contributed by atoms with E-state index in [2.05, 4.69) is 41.9 Å². The average Bonchev–Trinajstić information content (AvgIpc) is 2.99. The number of fused-ring (bicyclic) bond motifs is 1. The summed E-state index contributed by atoms with van der Waals surface area (Å²) < 4.78 is 2.31. The molecule has 136 valence electrons. The molecular formula is C22H27N3O. The lowest BCUT2D eigenvalue weighted by Gasteiger charge is -2.14. The zero-order chi connectivity index (χ0) is 18.5. The smallest absolute Gasteiger partial charge is 0.251 e. The minimum absolute atomic E-state index is 0.0294. The Morgan fingerprint density at radius 1 is 1.19 bits per heavy atom. The molecule has 4 heteroatoms. The summed E-state index contributed by atoms with van der Waals surface area (Å²) in [5.41, 5.74) is 4.00. The normalized spacial score (nSPS) is 12.3. The van der Waals surface area contributed by atoms with E-state index in [1.807, 2.05) is 37.3 Å². The lowest BCUT2D eigenvalue weighted by Crippen LogP contribution is -2.26. The van der Waals surface area contributed by atoms with Crippen molar-refractivity contribution in [3.8, 4) is 0 Å². The van der Waals surface area contributed by atoms with Gasteiger partial charge in [-0.1, -0.05) is 50.1 Å². The van der Waals surface area contributed by atoms with Gasteiger partial charge in [-0.2, -0.15) is 0 Å². The first-order chi connectivity index (χ1) is 12.6. The zero-order valence-electron chi connectivity index (χ0n) is 15.8. The van der Waals surface area contributed by atoms with E-state index in [-0.39, 0.29) is 5.91 Å². The number of hydrogen-bond donors (Lipinski definition) is 1. The van der Waals surface area contributed by atoms with E-state index < -0.39 is 0 Å². The summed E-state index contributed by atoms with van der Waals surface area (Å²) in [4.78, 5) is 17.1. The number of amides is 1. The van der Waals surface area contributed by atoms with Crippen LogP contribution >= 0.6 is 0 Å². The van der Waals surface area contributed by atoms with Crippen LogP contribution < -0.4 is 5.32 Å². The van der Waals surface area contributed by atoms with E-state index in [4.69, 9.17) is 4.98 Å². The van der Waals surface area contributed by atoms with Gasteiger partial charge in [0.2, 0.25) is 0 Å². The topological polar surface area (TPSA) is 46.9 Å². The molecule has 26 heavy (non-hydrogen) atoms. The van der Waals surface area contributed by atoms with Crippen LogP contribution in [0.4, 0.5) is 0 Å². The standard InChI is InChI=1S/C22H27N3O/c1-4-16(2)15-25-20-11-6-5-10-19(20)24-21(25)12-13-23-22(26)18-9-7-8-17(3)14-18/h5-11,14,16H,4,12-13,15H2,1-3H3,(H,23,26)/t16-/m0/s1. The van der Waals surface area contributed by atoms with E-state index >= 15 is 0 Å². The average molecular weight is 349 g/mol. The molecule has 0 aliphatic heterocycles. The maximum absolute atomic E-state index is 12.3. The van der Waals surface area contributed by atoms with Gasteiger partial charge in [0.1, 0.15) is 5.82 Å². The van der Waals surface area contributed by atoms with Gasteiger partial charge in [0.25, 0.3) is 5.91 Å². The van der Waals surface area contributed by atoms with Gasteiger partial charge in [-0.05, 0) is 37.1 Å². The van der Waals surface area contributed by atoms with E-state index in [0.29, 0.717) is 18.0 Å². The molecule has 3 aromatic rings.